The molecule has 0 atom stereocenters. The average molecular weight is 238 g/mol. The van der Waals surface area contributed by atoms with Gasteiger partial charge in [-0.3, -0.25) is 4.79 Å². The van der Waals surface area contributed by atoms with Gasteiger partial charge in [-0.25, -0.2) is 0 Å². The zero-order valence-electron chi connectivity index (χ0n) is 10.6. The van der Waals surface area contributed by atoms with Gasteiger partial charge in [-0.1, -0.05) is 0 Å². The molecule has 0 unspecified atom stereocenters. The Morgan fingerprint density at radius 1 is 1.29 bits per heavy atom. The molecule has 0 radical (unpaired) electrons. The Kier molecular flexibility index (Phi) is 4.78. The lowest BCUT2D eigenvalue weighted by Crippen LogP contribution is -2.34. The van der Waals surface area contributed by atoms with E-state index in [1.54, 1.807) is 45.3 Å². The predicted molar refractivity (Wildman–Crippen MR) is 66.9 cm³/mol. The smallest absolute Gasteiger partial charge is 0.240 e. The second kappa shape index (κ2) is 6.10. The minimum atomic E-state index is -0.0141. The van der Waals surface area contributed by atoms with E-state index in [4.69, 9.17) is 9.47 Å². The molecule has 94 valence electrons. The van der Waals surface area contributed by atoms with Crippen molar-refractivity contribution in [2.45, 2.75) is 0 Å². The quantitative estimate of drug-likeness (QED) is 0.827. The SMILES string of the molecule is CNCC(=O)N(C)c1ccc(OC)c(OC)c1. The molecule has 0 heterocycles. The molecule has 17 heavy (non-hydrogen) atoms. The van der Waals surface area contributed by atoms with Crippen molar-refractivity contribution in [3.05, 3.63) is 18.2 Å². The van der Waals surface area contributed by atoms with Gasteiger partial charge in [0.1, 0.15) is 0 Å². The number of ether oxygens (including phenoxy) is 2. The maximum atomic E-state index is 11.7. The minimum Gasteiger partial charge on any atom is -0.493 e. The molecule has 1 aromatic carbocycles. The summed E-state index contributed by atoms with van der Waals surface area (Å²) in [6.07, 6.45) is 0. The number of nitrogens with one attached hydrogen (secondary N) is 1. The molecular formula is C12H18N2O3. The first-order chi connectivity index (χ1) is 8.13. The number of benzene rings is 1. The number of nitrogens with zero attached hydrogens (tertiary/aromatic N) is 1. The zero-order valence-corrected chi connectivity index (χ0v) is 10.6. The maximum Gasteiger partial charge on any atom is 0.240 e. The average Bonchev–Trinajstić information content (AvgIpc) is 2.37. The summed E-state index contributed by atoms with van der Waals surface area (Å²) in [7, 11) is 6.60. The van der Waals surface area contributed by atoms with Gasteiger partial charge in [-0.15, -0.1) is 0 Å². The van der Waals surface area contributed by atoms with Gasteiger partial charge in [0, 0.05) is 18.8 Å². The van der Waals surface area contributed by atoms with Crippen LogP contribution in [0.3, 0.4) is 0 Å². The summed E-state index contributed by atoms with van der Waals surface area (Å²) in [5.41, 5.74) is 0.767. The van der Waals surface area contributed by atoms with Crippen molar-refractivity contribution in [3.8, 4) is 11.5 Å². The van der Waals surface area contributed by atoms with Crippen molar-refractivity contribution in [2.75, 3.05) is 39.8 Å². The first-order valence-electron chi connectivity index (χ1n) is 5.27. The van der Waals surface area contributed by atoms with Gasteiger partial charge in [0.15, 0.2) is 11.5 Å². The summed E-state index contributed by atoms with van der Waals surface area (Å²) in [6.45, 7) is 0.296. The van der Waals surface area contributed by atoms with E-state index < -0.39 is 0 Å². The fraction of sp³-hybridized carbons (Fsp3) is 0.417. The van der Waals surface area contributed by atoms with E-state index in [9.17, 15) is 4.79 Å². The standard InChI is InChI=1S/C12H18N2O3/c1-13-8-12(15)14(2)9-5-6-10(16-3)11(7-9)17-4/h5-7,13H,8H2,1-4H3. The van der Waals surface area contributed by atoms with E-state index in [2.05, 4.69) is 5.32 Å². The number of rotatable bonds is 5. The van der Waals surface area contributed by atoms with Crippen LogP contribution in [0, 0.1) is 0 Å². The number of amides is 1. The molecule has 1 rings (SSSR count). The van der Waals surface area contributed by atoms with E-state index >= 15 is 0 Å². The van der Waals surface area contributed by atoms with Crippen LogP contribution in [0.15, 0.2) is 18.2 Å². The first-order valence-corrected chi connectivity index (χ1v) is 5.27. The molecule has 0 bridgehead atoms. The number of anilines is 1. The molecule has 0 aromatic heterocycles. The van der Waals surface area contributed by atoms with Crippen LogP contribution < -0.4 is 19.7 Å². The number of carbonyl (C=O) groups is 1. The van der Waals surface area contributed by atoms with Crippen molar-refractivity contribution in [1.29, 1.82) is 0 Å². The van der Waals surface area contributed by atoms with Gasteiger partial charge in [-0.05, 0) is 19.2 Å². The predicted octanol–water partition coefficient (Wildman–Crippen LogP) is 0.886. The van der Waals surface area contributed by atoms with E-state index in [1.807, 2.05) is 6.07 Å². The molecule has 1 aromatic rings. The highest BCUT2D eigenvalue weighted by Crippen LogP contribution is 2.30. The molecule has 0 saturated heterocycles. The van der Waals surface area contributed by atoms with Crippen molar-refractivity contribution < 1.29 is 14.3 Å². The monoisotopic (exact) mass is 238 g/mol. The topological polar surface area (TPSA) is 50.8 Å². The van der Waals surface area contributed by atoms with E-state index in [0.29, 0.717) is 18.0 Å². The van der Waals surface area contributed by atoms with Crippen LogP contribution in [0.25, 0.3) is 0 Å². The number of likely N-dealkylation sites (N-methyl/N-ethyl adjacent to an activating group) is 2. The zero-order chi connectivity index (χ0) is 12.8. The highest BCUT2D eigenvalue weighted by atomic mass is 16.5. The van der Waals surface area contributed by atoms with Gasteiger partial charge >= 0.3 is 0 Å². The third-order valence-corrected chi connectivity index (χ3v) is 2.46. The van der Waals surface area contributed by atoms with Gasteiger partial charge in [0.2, 0.25) is 5.91 Å². The second-order valence-electron chi connectivity index (χ2n) is 3.52. The molecule has 0 fully saturated rings. The molecule has 0 spiro atoms. The maximum absolute atomic E-state index is 11.7. The summed E-state index contributed by atoms with van der Waals surface area (Å²) in [5, 5.41) is 2.82. The van der Waals surface area contributed by atoms with Gasteiger partial charge in [-0.2, -0.15) is 0 Å². The first kappa shape index (κ1) is 13.3. The van der Waals surface area contributed by atoms with E-state index in [-0.39, 0.29) is 5.91 Å². The fourth-order valence-electron chi connectivity index (χ4n) is 1.45. The van der Waals surface area contributed by atoms with Crippen molar-refractivity contribution in [2.24, 2.45) is 0 Å². The Labute approximate surface area is 101 Å². The summed E-state index contributed by atoms with van der Waals surface area (Å²) in [4.78, 5) is 13.3. The number of carbonyl (C=O) groups excluding carboxylic acids is 1. The number of methoxy groups -OCH3 is 2. The third-order valence-electron chi connectivity index (χ3n) is 2.46. The van der Waals surface area contributed by atoms with Crippen molar-refractivity contribution >= 4 is 11.6 Å². The van der Waals surface area contributed by atoms with Crippen LogP contribution in [-0.4, -0.2) is 40.8 Å². The molecular weight excluding hydrogens is 220 g/mol. The van der Waals surface area contributed by atoms with Gasteiger partial charge < -0.3 is 19.7 Å². The Balaban J connectivity index is 2.95. The van der Waals surface area contributed by atoms with Crippen LogP contribution >= 0.6 is 0 Å². The van der Waals surface area contributed by atoms with E-state index in [1.165, 1.54) is 0 Å². The van der Waals surface area contributed by atoms with Crippen LogP contribution in [0.5, 0.6) is 11.5 Å². The lowest BCUT2D eigenvalue weighted by molar-refractivity contribution is -0.117. The fourth-order valence-corrected chi connectivity index (χ4v) is 1.45. The summed E-state index contributed by atoms with van der Waals surface area (Å²) >= 11 is 0. The van der Waals surface area contributed by atoms with Crippen LogP contribution in [0.2, 0.25) is 0 Å². The van der Waals surface area contributed by atoms with Crippen LogP contribution in [0.4, 0.5) is 5.69 Å². The minimum absolute atomic E-state index is 0.0141. The third kappa shape index (κ3) is 3.10. The van der Waals surface area contributed by atoms with Crippen LogP contribution in [-0.2, 0) is 4.79 Å². The molecule has 0 aliphatic rings. The Morgan fingerprint density at radius 3 is 2.47 bits per heavy atom. The number of hydrogen-bond acceptors (Lipinski definition) is 4. The van der Waals surface area contributed by atoms with Crippen molar-refractivity contribution in [1.82, 2.24) is 5.32 Å². The number of hydrogen-bond donors (Lipinski definition) is 1. The van der Waals surface area contributed by atoms with Gasteiger partial charge in [0.05, 0.1) is 20.8 Å². The lowest BCUT2D eigenvalue weighted by Gasteiger charge is -2.18. The Hall–Kier alpha value is -1.75. The molecule has 0 saturated carbocycles. The van der Waals surface area contributed by atoms with Crippen LogP contribution in [0.1, 0.15) is 0 Å². The molecule has 1 N–H and O–H groups in total. The lowest BCUT2D eigenvalue weighted by atomic mass is 10.2. The summed E-state index contributed by atoms with van der Waals surface area (Å²) < 4.78 is 10.3. The molecule has 1 amide bonds. The highest BCUT2D eigenvalue weighted by molar-refractivity contribution is 5.94. The molecule has 0 aliphatic carbocycles. The Morgan fingerprint density at radius 2 is 1.94 bits per heavy atom. The Bertz CT molecular complexity index is 393. The second-order valence-corrected chi connectivity index (χ2v) is 3.52. The highest BCUT2D eigenvalue weighted by Gasteiger charge is 2.12. The van der Waals surface area contributed by atoms with Crippen molar-refractivity contribution in [3.63, 3.8) is 0 Å². The molecule has 5 heteroatoms. The van der Waals surface area contributed by atoms with Gasteiger partial charge in [0.25, 0.3) is 0 Å². The summed E-state index contributed by atoms with van der Waals surface area (Å²) in [5.74, 6) is 1.24. The summed E-state index contributed by atoms with van der Waals surface area (Å²) in [6, 6.07) is 5.36. The largest absolute Gasteiger partial charge is 0.493 e. The normalized spacial score (nSPS) is 9.88. The molecule has 0 aliphatic heterocycles. The molecule has 5 nitrogen and oxygen atoms in total. The van der Waals surface area contributed by atoms with E-state index in [0.717, 1.165) is 5.69 Å².